The van der Waals surface area contributed by atoms with E-state index in [9.17, 15) is 0 Å². The van der Waals surface area contributed by atoms with E-state index in [2.05, 4.69) is 43.1 Å². The molecule has 1 aromatic carbocycles. The highest BCUT2D eigenvalue weighted by atomic mass is 14.6. The molecular formula is C14H17N. The Balaban J connectivity index is 2.42. The topological polar surface area (TPSA) is 12.9 Å². The van der Waals surface area contributed by atoms with Gasteiger partial charge in [0.05, 0.1) is 5.52 Å². The van der Waals surface area contributed by atoms with Crippen LogP contribution in [0.4, 0.5) is 0 Å². The van der Waals surface area contributed by atoms with Crippen LogP contribution in [0.3, 0.4) is 0 Å². The van der Waals surface area contributed by atoms with E-state index in [0.717, 1.165) is 12.3 Å². The maximum Gasteiger partial charge on any atom is 0.0733 e. The Morgan fingerprint density at radius 3 is 2.80 bits per heavy atom. The summed E-state index contributed by atoms with van der Waals surface area (Å²) < 4.78 is 0. The number of nitrogens with zero attached hydrogens (tertiary/aromatic N) is 1. The van der Waals surface area contributed by atoms with Crippen molar-refractivity contribution in [2.45, 2.75) is 26.7 Å². The SMILES string of the molecule is CCC(C)Cc1cccc2cccnc12. The quantitative estimate of drug-likeness (QED) is 0.732. The maximum atomic E-state index is 4.47. The molecule has 0 aliphatic rings. The van der Waals surface area contributed by atoms with Crippen LogP contribution in [0.2, 0.25) is 0 Å². The number of hydrogen-bond acceptors (Lipinski definition) is 1. The number of hydrogen-bond donors (Lipinski definition) is 0. The van der Waals surface area contributed by atoms with Gasteiger partial charge in [0.15, 0.2) is 0 Å². The average molecular weight is 199 g/mol. The Kier molecular flexibility index (Phi) is 3.00. The Hall–Kier alpha value is -1.37. The van der Waals surface area contributed by atoms with Crippen LogP contribution in [0.25, 0.3) is 10.9 Å². The smallest absolute Gasteiger partial charge is 0.0733 e. The van der Waals surface area contributed by atoms with Gasteiger partial charge in [0, 0.05) is 11.6 Å². The maximum absolute atomic E-state index is 4.47. The molecule has 0 aliphatic heterocycles. The van der Waals surface area contributed by atoms with Gasteiger partial charge in [-0.05, 0) is 24.0 Å². The van der Waals surface area contributed by atoms with Crippen molar-refractivity contribution in [2.24, 2.45) is 5.92 Å². The molecule has 0 bridgehead atoms. The fourth-order valence-electron chi connectivity index (χ4n) is 1.85. The van der Waals surface area contributed by atoms with Crippen molar-refractivity contribution in [3.8, 4) is 0 Å². The van der Waals surface area contributed by atoms with Crippen LogP contribution in [-0.4, -0.2) is 4.98 Å². The van der Waals surface area contributed by atoms with Gasteiger partial charge in [-0.1, -0.05) is 44.5 Å². The summed E-state index contributed by atoms with van der Waals surface area (Å²) in [4.78, 5) is 4.47. The third-order valence-electron chi connectivity index (χ3n) is 2.98. The standard InChI is InChI=1S/C14H17N/c1-3-11(2)10-13-7-4-6-12-8-5-9-15-14(12)13/h4-9,11H,3,10H2,1-2H3. The first kappa shape index (κ1) is 10.2. The first-order chi connectivity index (χ1) is 7.31. The van der Waals surface area contributed by atoms with Crippen molar-refractivity contribution < 1.29 is 0 Å². The van der Waals surface area contributed by atoms with Gasteiger partial charge in [0.1, 0.15) is 0 Å². The minimum absolute atomic E-state index is 0.734. The van der Waals surface area contributed by atoms with Crippen LogP contribution in [0.5, 0.6) is 0 Å². The van der Waals surface area contributed by atoms with E-state index in [1.165, 1.54) is 22.9 Å². The summed E-state index contributed by atoms with van der Waals surface area (Å²) in [6, 6.07) is 10.6. The van der Waals surface area contributed by atoms with Gasteiger partial charge < -0.3 is 0 Å². The summed E-state index contributed by atoms with van der Waals surface area (Å²) in [6.45, 7) is 4.53. The molecule has 15 heavy (non-hydrogen) atoms. The summed E-state index contributed by atoms with van der Waals surface area (Å²) in [5.41, 5.74) is 2.54. The number of aromatic nitrogens is 1. The number of para-hydroxylation sites is 1. The molecule has 1 atom stereocenters. The molecule has 0 amide bonds. The van der Waals surface area contributed by atoms with Gasteiger partial charge in [-0.3, -0.25) is 4.98 Å². The first-order valence-corrected chi connectivity index (χ1v) is 5.64. The number of benzene rings is 1. The second-order valence-corrected chi connectivity index (χ2v) is 4.21. The molecular weight excluding hydrogens is 182 g/mol. The van der Waals surface area contributed by atoms with E-state index in [1.807, 2.05) is 12.3 Å². The molecule has 2 rings (SSSR count). The molecule has 0 saturated heterocycles. The van der Waals surface area contributed by atoms with Gasteiger partial charge in [0.2, 0.25) is 0 Å². The minimum Gasteiger partial charge on any atom is -0.256 e. The van der Waals surface area contributed by atoms with E-state index >= 15 is 0 Å². The first-order valence-electron chi connectivity index (χ1n) is 5.64. The van der Waals surface area contributed by atoms with E-state index in [4.69, 9.17) is 0 Å². The molecule has 1 heteroatoms. The molecule has 0 N–H and O–H groups in total. The fourth-order valence-corrected chi connectivity index (χ4v) is 1.85. The molecule has 1 unspecified atom stereocenters. The lowest BCUT2D eigenvalue weighted by Gasteiger charge is -2.10. The molecule has 0 radical (unpaired) electrons. The van der Waals surface area contributed by atoms with Crippen LogP contribution in [0, 0.1) is 5.92 Å². The lowest BCUT2D eigenvalue weighted by molar-refractivity contribution is 0.562. The largest absolute Gasteiger partial charge is 0.256 e. The van der Waals surface area contributed by atoms with Crippen molar-refractivity contribution >= 4 is 10.9 Å². The van der Waals surface area contributed by atoms with E-state index in [1.54, 1.807) is 0 Å². The molecule has 0 spiro atoms. The summed E-state index contributed by atoms with van der Waals surface area (Å²) in [7, 11) is 0. The zero-order valence-electron chi connectivity index (χ0n) is 9.40. The van der Waals surface area contributed by atoms with Gasteiger partial charge in [-0.25, -0.2) is 0 Å². The average Bonchev–Trinajstić information content (AvgIpc) is 2.29. The molecule has 0 saturated carbocycles. The summed E-state index contributed by atoms with van der Waals surface area (Å²) in [5.74, 6) is 0.734. The van der Waals surface area contributed by atoms with E-state index in [-0.39, 0.29) is 0 Å². The Labute approximate surface area is 91.2 Å². The second-order valence-electron chi connectivity index (χ2n) is 4.21. The summed E-state index contributed by atoms with van der Waals surface area (Å²) >= 11 is 0. The van der Waals surface area contributed by atoms with Crippen LogP contribution in [0.1, 0.15) is 25.8 Å². The molecule has 1 aromatic heterocycles. The second kappa shape index (κ2) is 4.43. The monoisotopic (exact) mass is 199 g/mol. The third kappa shape index (κ3) is 2.17. The molecule has 0 fully saturated rings. The molecule has 2 aromatic rings. The normalized spacial score (nSPS) is 12.9. The lowest BCUT2D eigenvalue weighted by Crippen LogP contribution is -1.99. The highest BCUT2D eigenvalue weighted by Gasteiger charge is 2.05. The van der Waals surface area contributed by atoms with Crippen LogP contribution >= 0.6 is 0 Å². The van der Waals surface area contributed by atoms with Crippen LogP contribution in [0.15, 0.2) is 36.5 Å². The molecule has 78 valence electrons. The highest BCUT2D eigenvalue weighted by molar-refractivity contribution is 5.81. The predicted molar refractivity (Wildman–Crippen MR) is 64.9 cm³/mol. The minimum atomic E-state index is 0.734. The fraction of sp³-hybridized carbons (Fsp3) is 0.357. The number of fused-ring (bicyclic) bond motifs is 1. The zero-order chi connectivity index (χ0) is 10.7. The summed E-state index contributed by atoms with van der Waals surface area (Å²) in [5, 5.41) is 1.25. The van der Waals surface area contributed by atoms with Crippen molar-refractivity contribution in [1.29, 1.82) is 0 Å². The molecule has 1 nitrogen and oxygen atoms in total. The van der Waals surface area contributed by atoms with Crippen LogP contribution < -0.4 is 0 Å². The predicted octanol–water partition coefficient (Wildman–Crippen LogP) is 3.82. The molecule has 0 aliphatic carbocycles. The van der Waals surface area contributed by atoms with Crippen molar-refractivity contribution in [3.63, 3.8) is 0 Å². The lowest BCUT2D eigenvalue weighted by atomic mass is 9.97. The van der Waals surface area contributed by atoms with Crippen LogP contribution in [-0.2, 0) is 6.42 Å². The van der Waals surface area contributed by atoms with Crippen molar-refractivity contribution in [2.75, 3.05) is 0 Å². The molecule has 1 heterocycles. The number of pyridine rings is 1. The highest BCUT2D eigenvalue weighted by Crippen LogP contribution is 2.19. The van der Waals surface area contributed by atoms with Gasteiger partial charge in [-0.15, -0.1) is 0 Å². The van der Waals surface area contributed by atoms with Gasteiger partial charge in [-0.2, -0.15) is 0 Å². The Bertz CT molecular complexity index is 443. The van der Waals surface area contributed by atoms with Crippen molar-refractivity contribution in [3.05, 3.63) is 42.1 Å². The van der Waals surface area contributed by atoms with Gasteiger partial charge in [0.25, 0.3) is 0 Å². The van der Waals surface area contributed by atoms with E-state index < -0.39 is 0 Å². The summed E-state index contributed by atoms with van der Waals surface area (Å²) in [6.07, 6.45) is 4.23. The van der Waals surface area contributed by atoms with Gasteiger partial charge >= 0.3 is 0 Å². The third-order valence-corrected chi connectivity index (χ3v) is 2.98. The van der Waals surface area contributed by atoms with E-state index in [0.29, 0.717) is 0 Å². The zero-order valence-corrected chi connectivity index (χ0v) is 9.40. The number of rotatable bonds is 3. The van der Waals surface area contributed by atoms with Crippen molar-refractivity contribution in [1.82, 2.24) is 4.98 Å². The Morgan fingerprint density at radius 2 is 2.00 bits per heavy atom. The Morgan fingerprint density at radius 1 is 1.20 bits per heavy atom.